The van der Waals surface area contributed by atoms with Gasteiger partial charge in [-0.25, -0.2) is 29.6 Å². The van der Waals surface area contributed by atoms with Crippen LogP contribution in [0.25, 0.3) is 22.2 Å². The van der Waals surface area contributed by atoms with Crippen molar-refractivity contribution in [3.63, 3.8) is 0 Å². The Morgan fingerprint density at radius 2 is 1.67 bits per heavy atom. The Balaban J connectivity index is 1.36. The summed E-state index contributed by atoms with van der Waals surface area (Å²) in [5.74, 6) is -2.81. The van der Waals surface area contributed by atoms with Crippen molar-refractivity contribution < 1.29 is 39.9 Å². The van der Waals surface area contributed by atoms with E-state index in [1.807, 2.05) is 31.2 Å². The number of ether oxygens (including phenoxy) is 2. The van der Waals surface area contributed by atoms with E-state index in [0.717, 1.165) is 45.2 Å². The molecule has 0 spiro atoms. The van der Waals surface area contributed by atoms with Crippen LogP contribution in [0.15, 0.2) is 107 Å². The first-order chi connectivity index (χ1) is 24.7. The second-order valence-electron chi connectivity index (χ2n) is 12.3. The van der Waals surface area contributed by atoms with E-state index in [9.17, 15) is 21.6 Å². The molecule has 6 aromatic rings. The molecule has 0 saturated heterocycles. The number of nitrogens with zero attached hydrogens (tertiary/aromatic N) is 3. The van der Waals surface area contributed by atoms with Gasteiger partial charge in [0.2, 0.25) is 0 Å². The summed E-state index contributed by atoms with van der Waals surface area (Å²) in [4.78, 5) is 11.3. The molecule has 0 fully saturated rings. The quantitative estimate of drug-likeness (QED) is 0.117. The monoisotopic (exact) mass is 747 g/mol. The van der Waals surface area contributed by atoms with Crippen molar-refractivity contribution in [2.75, 3.05) is 12.9 Å². The number of aryl methyl sites for hydroxylation is 2. The highest BCUT2D eigenvalue weighted by Crippen LogP contribution is 2.40. The Kier molecular flexibility index (Phi) is 10.1. The Bertz CT molecular complexity index is 2530. The third kappa shape index (κ3) is 7.21. The van der Waals surface area contributed by atoms with E-state index in [0.29, 0.717) is 18.7 Å². The van der Waals surface area contributed by atoms with Gasteiger partial charge in [0.05, 0.1) is 28.8 Å². The molecular formula is C38H35F2N3O7S2. The molecule has 0 bridgehead atoms. The van der Waals surface area contributed by atoms with Crippen LogP contribution in [0.2, 0.25) is 0 Å². The number of halogens is 2. The van der Waals surface area contributed by atoms with E-state index in [4.69, 9.17) is 9.47 Å². The molecule has 0 aliphatic heterocycles. The molecule has 2 heterocycles. The average molecular weight is 748 g/mol. The van der Waals surface area contributed by atoms with Crippen LogP contribution in [0.3, 0.4) is 0 Å². The van der Waals surface area contributed by atoms with Gasteiger partial charge in [0.25, 0.3) is 10.0 Å². The minimum atomic E-state index is -4.22. The van der Waals surface area contributed by atoms with Crippen molar-refractivity contribution in [1.29, 1.82) is 0 Å². The van der Waals surface area contributed by atoms with Crippen LogP contribution in [0.4, 0.5) is 8.78 Å². The van der Waals surface area contributed by atoms with Crippen LogP contribution in [0.1, 0.15) is 43.0 Å². The topological polar surface area (TPSA) is 127 Å². The summed E-state index contributed by atoms with van der Waals surface area (Å²) < 4.78 is 98.1. The smallest absolute Gasteiger partial charge is 0.306 e. The molecule has 52 heavy (non-hydrogen) atoms. The number of hydrogen-bond acceptors (Lipinski definition) is 8. The Morgan fingerprint density at radius 3 is 2.38 bits per heavy atom. The van der Waals surface area contributed by atoms with Crippen LogP contribution in [-0.4, -0.2) is 49.4 Å². The second-order valence-corrected chi connectivity index (χ2v) is 16.0. The van der Waals surface area contributed by atoms with Gasteiger partial charge in [0, 0.05) is 42.1 Å². The lowest BCUT2D eigenvalue weighted by atomic mass is 10.0. The molecule has 0 radical (unpaired) electrons. The zero-order valence-corrected chi connectivity index (χ0v) is 30.3. The number of esters is 1. The van der Waals surface area contributed by atoms with Crippen molar-refractivity contribution >= 4 is 36.7 Å². The molecule has 1 unspecified atom stereocenters. The zero-order chi connectivity index (χ0) is 37.4. The van der Waals surface area contributed by atoms with Crippen molar-refractivity contribution in [2.45, 2.75) is 49.4 Å². The zero-order valence-electron chi connectivity index (χ0n) is 28.7. The predicted molar refractivity (Wildman–Crippen MR) is 192 cm³/mol. The third-order valence-corrected chi connectivity index (χ3v) is 11.4. The second kappa shape index (κ2) is 14.4. The lowest BCUT2D eigenvalue weighted by Gasteiger charge is -2.18. The first-order valence-corrected chi connectivity index (χ1v) is 19.6. The van der Waals surface area contributed by atoms with Crippen molar-refractivity contribution in [1.82, 2.24) is 13.8 Å². The highest BCUT2D eigenvalue weighted by atomic mass is 32.2. The molecule has 2 aromatic heterocycles. The predicted octanol–water partition coefficient (Wildman–Crippen LogP) is 7.63. The molecule has 6 rings (SSSR count). The highest BCUT2D eigenvalue weighted by molar-refractivity contribution is 7.91. The molecule has 14 heteroatoms. The number of hydrogen-bond donors (Lipinski definition) is 0. The molecular weight excluding hydrogens is 713 g/mol. The number of carbonyl (C=O) groups is 1. The van der Waals surface area contributed by atoms with Gasteiger partial charge in [0.1, 0.15) is 16.5 Å². The standard InChI is InChI=1S/C38H35F2N3O7S2/c1-5-49-36(44)16-11-26-7-6-8-27(21-26)25(3)43-34(17-19-41-43)31-22-28(12-15-32(31)39)50-37-33(40)23-35-30(38(37)51(4,45)46)18-20-42(35)52(47,48)29-13-9-24(2)10-14-29/h6-10,12-15,17-23,25H,5,11,16H2,1-4H3. The van der Waals surface area contributed by atoms with E-state index >= 15 is 8.78 Å². The van der Waals surface area contributed by atoms with Crippen LogP contribution >= 0.6 is 0 Å². The molecule has 0 saturated carbocycles. The summed E-state index contributed by atoms with van der Waals surface area (Å²) in [6, 6.07) is 20.7. The van der Waals surface area contributed by atoms with Gasteiger partial charge in [-0.15, -0.1) is 0 Å². The fourth-order valence-corrected chi connectivity index (χ4v) is 8.41. The molecule has 10 nitrogen and oxygen atoms in total. The van der Waals surface area contributed by atoms with Gasteiger partial charge in [-0.3, -0.25) is 9.48 Å². The van der Waals surface area contributed by atoms with E-state index in [-0.39, 0.29) is 45.5 Å². The maximum absolute atomic E-state index is 16.0. The first-order valence-electron chi connectivity index (χ1n) is 16.3. The minimum absolute atomic E-state index is 0.0538. The van der Waals surface area contributed by atoms with E-state index in [1.165, 1.54) is 36.5 Å². The fourth-order valence-electron chi connectivity index (χ4n) is 6.02. The average Bonchev–Trinajstić information content (AvgIpc) is 3.76. The summed E-state index contributed by atoms with van der Waals surface area (Å²) in [7, 11) is -8.44. The molecule has 0 aliphatic carbocycles. The van der Waals surface area contributed by atoms with Crippen LogP contribution in [0, 0.1) is 18.6 Å². The van der Waals surface area contributed by atoms with Gasteiger partial charge in [-0.2, -0.15) is 5.10 Å². The van der Waals surface area contributed by atoms with Crippen LogP contribution in [0.5, 0.6) is 11.5 Å². The third-order valence-electron chi connectivity index (χ3n) is 8.60. The number of aromatic nitrogens is 3. The van der Waals surface area contributed by atoms with Crippen molar-refractivity contribution in [3.8, 4) is 22.8 Å². The molecule has 270 valence electrons. The Labute approximate surface area is 300 Å². The molecule has 0 amide bonds. The normalized spacial score (nSPS) is 12.6. The fraction of sp³-hybridized carbons (Fsp3) is 0.211. The van der Waals surface area contributed by atoms with Crippen molar-refractivity contribution in [2.24, 2.45) is 0 Å². The number of sulfone groups is 1. The summed E-state index contributed by atoms with van der Waals surface area (Å²) in [5.41, 5.74) is 2.82. The Morgan fingerprint density at radius 1 is 0.923 bits per heavy atom. The van der Waals surface area contributed by atoms with Gasteiger partial charge >= 0.3 is 5.97 Å². The summed E-state index contributed by atoms with van der Waals surface area (Å²) >= 11 is 0. The van der Waals surface area contributed by atoms with E-state index in [1.54, 1.807) is 36.7 Å². The van der Waals surface area contributed by atoms with Crippen LogP contribution in [-0.2, 0) is 35.8 Å². The van der Waals surface area contributed by atoms with Gasteiger partial charge in [-0.05, 0) is 80.8 Å². The van der Waals surface area contributed by atoms with E-state index in [2.05, 4.69) is 5.10 Å². The maximum Gasteiger partial charge on any atom is 0.306 e. The van der Waals surface area contributed by atoms with Crippen molar-refractivity contribution in [3.05, 3.63) is 126 Å². The lowest BCUT2D eigenvalue weighted by molar-refractivity contribution is -0.143. The highest BCUT2D eigenvalue weighted by Gasteiger charge is 2.29. The molecule has 4 aromatic carbocycles. The number of benzene rings is 4. The minimum Gasteiger partial charge on any atom is -0.466 e. The summed E-state index contributed by atoms with van der Waals surface area (Å²) in [6.07, 6.45) is 4.23. The van der Waals surface area contributed by atoms with Gasteiger partial charge in [-0.1, -0.05) is 42.0 Å². The number of rotatable bonds is 12. The summed E-state index contributed by atoms with van der Waals surface area (Å²) in [6.45, 7) is 5.74. The molecule has 0 N–H and O–H groups in total. The SMILES string of the molecule is CCOC(=O)CCc1cccc(C(C)n2nccc2-c2cc(Oc3c(F)cc4c(ccn4S(=O)(=O)c4ccc(C)cc4)c3S(C)(=O)=O)ccc2F)c1. The van der Waals surface area contributed by atoms with Gasteiger partial charge in [0.15, 0.2) is 21.4 Å². The molecule has 0 aliphatic rings. The Hall–Kier alpha value is -5.34. The number of fused-ring (bicyclic) bond motifs is 1. The number of carbonyl (C=O) groups excluding carboxylic acids is 1. The first kappa shape index (κ1) is 36.5. The maximum atomic E-state index is 16.0. The summed E-state index contributed by atoms with van der Waals surface area (Å²) in [5, 5.41) is 4.36. The van der Waals surface area contributed by atoms with E-state index < -0.39 is 42.1 Å². The van der Waals surface area contributed by atoms with Crippen LogP contribution < -0.4 is 4.74 Å². The van der Waals surface area contributed by atoms with Gasteiger partial charge < -0.3 is 9.47 Å². The largest absolute Gasteiger partial charge is 0.466 e. The molecule has 1 atom stereocenters. The lowest BCUT2D eigenvalue weighted by Crippen LogP contribution is -2.12.